The van der Waals surface area contributed by atoms with Crippen molar-refractivity contribution in [2.75, 3.05) is 6.61 Å². The molecule has 0 aromatic rings. The SMILES string of the molecule is [O]CCC#CCC(F)F. The van der Waals surface area contributed by atoms with Crippen molar-refractivity contribution in [3.05, 3.63) is 0 Å². The van der Waals surface area contributed by atoms with E-state index < -0.39 is 12.8 Å². The lowest BCUT2D eigenvalue weighted by Gasteiger charge is -1.84. The normalized spacial score (nSPS) is 8.89. The summed E-state index contributed by atoms with van der Waals surface area (Å²) in [6.45, 7) is -0.309. The average molecular weight is 133 g/mol. The van der Waals surface area contributed by atoms with E-state index in [-0.39, 0.29) is 13.0 Å². The van der Waals surface area contributed by atoms with Gasteiger partial charge in [-0.2, -0.15) is 0 Å². The summed E-state index contributed by atoms with van der Waals surface area (Å²) < 4.78 is 22.6. The van der Waals surface area contributed by atoms with Crippen LogP contribution in [0.15, 0.2) is 0 Å². The van der Waals surface area contributed by atoms with Gasteiger partial charge in [-0.15, -0.1) is 5.92 Å². The van der Waals surface area contributed by atoms with Crippen LogP contribution in [0.4, 0.5) is 8.78 Å². The first kappa shape index (κ1) is 8.38. The first-order valence-corrected chi connectivity index (χ1v) is 2.59. The van der Waals surface area contributed by atoms with Crippen molar-refractivity contribution in [2.24, 2.45) is 0 Å². The van der Waals surface area contributed by atoms with E-state index in [0.717, 1.165) is 0 Å². The molecule has 0 aliphatic rings. The van der Waals surface area contributed by atoms with Crippen LogP contribution in [0, 0.1) is 11.8 Å². The molecule has 0 unspecified atom stereocenters. The molecule has 0 aromatic carbocycles. The van der Waals surface area contributed by atoms with E-state index in [1.807, 2.05) is 0 Å². The second kappa shape index (κ2) is 5.52. The summed E-state index contributed by atoms with van der Waals surface area (Å²) >= 11 is 0. The number of rotatable bonds is 2. The Bertz CT molecular complexity index is 112. The molecule has 0 atom stereocenters. The highest BCUT2D eigenvalue weighted by molar-refractivity contribution is 4.98. The zero-order valence-electron chi connectivity index (χ0n) is 4.86. The van der Waals surface area contributed by atoms with Crippen molar-refractivity contribution in [1.29, 1.82) is 0 Å². The fraction of sp³-hybridized carbons (Fsp3) is 0.667. The molecule has 3 heteroatoms. The number of hydrogen-bond acceptors (Lipinski definition) is 0. The van der Waals surface area contributed by atoms with Crippen molar-refractivity contribution in [1.82, 2.24) is 0 Å². The lowest BCUT2D eigenvalue weighted by Crippen LogP contribution is -1.85. The van der Waals surface area contributed by atoms with Crippen LogP contribution < -0.4 is 0 Å². The van der Waals surface area contributed by atoms with Crippen LogP contribution in [-0.4, -0.2) is 13.0 Å². The lowest BCUT2D eigenvalue weighted by molar-refractivity contribution is 0.155. The van der Waals surface area contributed by atoms with Crippen molar-refractivity contribution < 1.29 is 13.9 Å². The molecule has 0 saturated carbocycles. The standard InChI is InChI=1S/C6H7F2O/c7-6(8)4-2-1-3-5-9/h6H,3-5H2. The van der Waals surface area contributed by atoms with E-state index in [4.69, 9.17) is 0 Å². The summed E-state index contributed by atoms with van der Waals surface area (Å²) in [4.78, 5) is 0. The molecule has 0 fully saturated rings. The van der Waals surface area contributed by atoms with Crippen LogP contribution in [0.5, 0.6) is 0 Å². The van der Waals surface area contributed by atoms with Crippen molar-refractivity contribution >= 4 is 0 Å². The van der Waals surface area contributed by atoms with E-state index in [2.05, 4.69) is 11.8 Å². The Morgan fingerprint density at radius 3 is 2.44 bits per heavy atom. The Balaban J connectivity index is 3.16. The largest absolute Gasteiger partial charge is 0.249 e. The summed E-state index contributed by atoms with van der Waals surface area (Å²) in [6.07, 6.45) is -2.61. The Morgan fingerprint density at radius 1 is 1.33 bits per heavy atom. The first-order chi connectivity index (χ1) is 4.27. The van der Waals surface area contributed by atoms with Crippen LogP contribution in [0.2, 0.25) is 0 Å². The maximum absolute atomic E-state index is 11.3. The van der Waals surface area contributed by atoms with Crippen LogP contribution in [0.1, 0.15) is 12.8 Å². The Labute approximate surface area is 52.7 Å². The van der Waals surface area contributed by atoms with Gasteiger partial charge in [0, 0.05) is 6.42 Å². The summed E-state index contributed by atoms with van der Waals surface area (Å²) in [5, 5.41) is 9.68. The highest BCUT2D eigenvalue weighted by atomic mass is 19.3. The topological polar surface area (TPSA) is 19.9 Å². The molecule has 1 nitrogen and oxygen atoms in total. The number of alkyl halides is 2. The molecule has 0 aliphatic carbocycles. The fourth-order valence-electron chi connectivity index (χ4n) is 0.289. The zero-order chi connectivity index (χ0) is 7.11. The molecular formula is C6H7F2O. The molecular weight excluding hydrogens is 126 g/mol. The Hall–Kier alpha value is -0.620. The quantitative estimate of drug-likeness (QED) is 0.508. The second-order valence-electron chi connectivity index (χ2n) is 1.40. The second-order valence-corrected chi connectivity index (χ2v) is 1.40. The maximum Gasteiger partial charge on any atom is 0.249 e. The molecule has 0 N–H and O–H groups in total. The van der Waals surface area contributed by atoms with Crippen LogP contribution in [0.3, 0.4) is 0 Å². The molecule has 0 saturated heterocycles. The van der Waals surface area contributed by atoms with E-state index in [1.165, 1.54) is 0 Å². The zero-order valence-corrected chi connectivity index (χ0v) is 4.86. The molecule has 51 valence electrons. The molecule has 0 aromatic heterocycles. The summed E-state index contributed by atoms with van der Waals surface area (Å²) in [5.74, 6) is 4.51. The summed E-state index contributed by atoms with van der Waals surface area (Å²) in [6, 6.07) is 0. The monoisotopic (exact) mass is 133 g/mol. The van der Waals surface area contributed by atoms with Gasteiger partial charge in [-0.1, -0.05) is 5.92 Å². The van der Waals surface area contributed by atoms with Gasteiger partial charge in [0.25, 0.3) is 0 Å². The van der Waals surface area contributed by atoms with Gasteiger partial charge < -0.3 is 0 Å². The first-order valence-electron chi connectivity index (χ1n) is 2.59. The summed E-state index contributed by atoms with van der Waals surface area (Å²) in [5.41, 5.74) is 0. The molecule has 0 bridgehead atoms. The average Bonchev–Trinajstić information content (AvgIpc) is 1.80. The molecule has 0 spiro atoms. The van der Waals surface area contributed by atoms with E-state index in [9.17, 15) is 13.9 Å². The maximum atomic E-state index is 11.3. The van der Waals surface area contributed by atoms with Gasteiger partial charge in [-0.3, -0.25) is 0 Å². The summed E-state index contributed by atoms with van der Waals surface area (Å²) in [7, 11) is 0. The third-order valence-electron chi connectivity index (χ3n) is 0.608. The number of hydrogen-bond donors (Lipinski definition) is 0. The van der Waals surface area contributed by atoms with Crippen molar-refractivity contribution in [3.63, 3.8) is 0 Å². The third kappa shape index (κ3) is 7.38. The van der Waals surface area contributed by atoms with E-state index in [0.29, 0.717) is 0 Å². The van der Waals surface area contributed by atoms with Gasteiger partial charge in [-0.25, -0.2) is 13.9 Å². The van der Waals surface area contributed by atoms with Crippen molar-refractivity contribution in [2.45, 2.75) is 19.3 Å². The van der Waals surface area contributed by atoms with Crippen molar-refractivity contribution in [3.8, 4) is 11.8 Å². The Morgan fingerprint density at radius 2 is 2.00 bits per heavy atom. The van der Waals surface area contributed by atoms with E-state index in [1.54, 1.807) is 0 Å². The molecule has 0 amide bonds. The highest BCUT2D eigenvalue weighted by Gasteiger charge is 1.95. The number of halogens is 2. The fourth-order valence-corrected chi connectivity index (χ4v) is 0.289. The minimum absolute atomic E-state index is 0.173. The predicted molar refractivity (Wildman–Crippen MR) is 28.6 cm³/mol. The third-order valence-corrected chi connectivity index (χ3v) is 0.608. The minimum Gasteiger partial charge on any atom is -0.236 e. The van der Waals surface area contributed by atoms with Gasteiger partial charge >= 0.3 is 0 Å². The molecule has 0 rings (SSSR count). The molecule has 0 aliphatic heterocycles. The molecule has 9 heavy (non-hydrogen) atoms. The van der Waals surface area contributed by atoms with Gasteiger partial charge in [0.05, 0.1) is 13.0 Å². The lowest BCUT2D eigenvalue weighted by atomic mass is 10.4. The van der Waals surface area contributed by atoms with Gasteiger partial charge in [0.2, 0.25) is 6.43 Å². The predicted octanol–water partition coefficient (Wildman–Crippen LogP) is 1.47. The van der Waals surface area contributed by atoms with Crippen LogP contribution >= 0.6 is 0 Å². The van der Waals surface area contributed by atoms with E-state index >= 15 is 0 Å². The van der Waals surface area contributed by atoms with Gasteiger partial charge in [-0.05, 0) is 0 Å². The minimum atomic E-state index is -2.37. The molecule has 1 radical (unpaired) electrons. The smallest absolute Gasteiger partial charge is 0.236 e. The molecule has 0 heterocycles. The highest BCUT2D eigenvalue weighted by Crippen LogP contribution is 1.95. The van der Waals surface area contributed by atoms with Gasteiger partial charge in [0.15, 0.2) is 0 Å². The van der Waals surface area contributed by atoms with Crippen LogP contribution in [-0.2, 0) is 5.11 Å². The van der Waals surface area contributed by atoms with Gasteiger partial charge in [0.1, 0.15) is 0 Å². The van der Waals surface area contributed by atoms with Crippen LogP contribution in [0.25, 0.3) is 0 Å². The Kier molecular flexibility index (Phi) is 5.14.